The van der Waals surface area contributed by atoms with Gasteiger partial charge >= 0.3 is 0 Å². The Kier molecular flexibility index (Phi) is 8.60. The molecule has 0 saturated carbocycles. The van der Waals surface area contributed by atoms with Crippen LogP contribution in [0.2, 0.25) is 5.02 Å². The third-order valence-electron chi connectivity index (χ3n) is 5.24. The fourth-order valence-electron chi connectivity index (χ4n) is 3.48. The van der Waals surface area contributed by atoms with Crippen molar-refractivity contribution in [3.63, 3.8) is 0 Å². The number of fused-ring (bicyclic) bond motifs is 1. The summed E-state index contributed by atoms with van der Waals surface area (Å²) in [6.07, 6.45) is 0. The molecule has 190 valence electrons. The number of carbonyl (C=O) groups is 1. The summed E-state index contributed by atoms with van der Waals surface area (Å²) in [6.45, 7) is 0.495. The van der Waals surface area contributed by atoms with Crippen LogP contribution in [0.1, 0.15) is 5.56 Å². The number of hydrogen-bond donors (Lipinski definition) is 1. The highest BCUT2D eigenvalue weighted by Gasteiger charge is 2.29. The molecule has 7 nitrogen and oxygen atoms in total. The summed E-state index contributed by atoms with van der Waals surface area (Å²) in [7, 11) is -4.22. The van der Waals surface area contributed by atoms with Crippen LogP contribution in [0.15, 0.2) is 71.6 Å². The zero-order valence-corrected chi connectivity index (χ0v) is 21.5. The topological polar surface area (TPSA) is 84.9 Å². The lowest BCUT2D eigenvalue weighted by atomic mass is 10.2. The first-order chi connectivity index (χ1) is 17.3. The number of halogens is 2. The van der Waals surface area contributed by atoms with Crippen molar-refractivity contribution in [2.75, 3.05) is 36.4 Å². The van der Waals surface area contributed by atoms with E-state index in [-0.39, 0.29) is 10.6 Å². The summed E-state index contributed by atoms with van der Waals surface area (Å²) in [6, 6.07) is 16.9. The molecule has 1 heterocycles. The monoisotopic (exact) mass is 550 g/mol. The van der Waals surface area contributed by atoms with E-state index in [1.807, 2.05) is 24.3 Å². The van der Waals surface area contributed by atoms with Crippen LogP contribution in [0.4, 0.5) is 10.1 Å². The minimum atomic E-state index is -4.22. The standard InChI is InChI=1S/C25H24ClFN2O5S2/c26-19-6-4-18(5-7-19)17-35-13-10-28-25(30)16-29(21-3-1-2-20(27)14-21)36(31,32)22-8-9-23-24(15-22)34-12-11-33-23/h1-9,14-15H,10-13,16-17H2,(H,28,30). The highest BCUT2D eigenvalue weighted by atomic mass is 35.5. The average molecular weight is 551 g/mol. The normalized spacial score (nSPS) is 12.7. The second-order valence-electron chi connectivity index (χ2n) is 7.83. The number of thioether (sulfide) groups is 1. The van der Waals surface area contributed by atoms with Gasteiger partial charge in [0.05, 0.1) is 10.6 Å². The molecule has 1 amide bonds. The molecule has 0 bridgehead atoms. The third kappa shape index (κ3) is 6.63. The molecule has 0 unspecified atom stereocenters. The van der Waals surface area contributed by atoms with E-state index in [0.29, 0.717) is 42.0 Å². The van der Waals surface area contributed by atoms with Gasteiger partial charge in [0, 0.05) is 29.1 Å². The van der Waals surface area contributed by atoms with Gasteiger partial charge in [0.15, 0.2) is 11.5 Å². The summed E-state index contributed by atoms with van der Waals surface area (Å²) in [5, 5.41) is 3.41. The van der Waals surface area contributed by atoms with Crippen LogP contribution in [-0.2, 0) is 20.6 Å². The van der Waals surface area contributed by atoms with Crippen LogP contribution in [0, 0.1) is 5.82 Å². The van der Waals surface area contributed by atoms with Crippen molar-refractivity contribution in [1.29, 1.82) is 0 Å². The second-order valence-corrected chi connectivity index (χ2v) is 11.2. The van der Waals surface area contributed by atoms with Gasteiger partial charge in [0.2, 0.25) is 5.91 Å². The predicted molar refractivity (Wildman–Crippen MR) is 139 cm³/mol. The minimum Gasteiger partial charge on any atom is -0.486 e. The number of ether oxygens (including phenoxy) is 2. The van der Waals surface area contributed by atoms with Crippen molar-refractivity contribution in [2.45, 2.75) is 10.6 Å². The van der Waals surface area contributed by atoms with Crippen LogP contribution in [0.5, 0.6) is 11.5 Å². The summed E-state index contributed by atoms with van der Waals surface area (Å²) in [5.74, 6) is 0.987. The molecule has 1 N–H and O–H groups in total. The zero-order valence-electron chi connectivity index (χ0n) is 19.2. The number of nitrogens with zero attached hydrogens (tertiary/aromatic N) is 1. The maximum Gasteiger partial charge on any atom is 0.264 e. The maximum absolute atomic E-state index is 14.0. The molecule has 0 fully saturated rings. The minimum absolute atomic E-state index is 0.0390. The van der Waals surface area contributed by atoms with Crippen LogP contribution in [-0.4, -0.2) is 46.4 Å². The van der Waals surface area contributed by atoms with Crippen LogP contribution in [0.25, 0.3) is 0 Å². The van der Waals surface area contributed by atoms with Crippen molar-refractivity contribution in [2.24, 2.45) is 0 Å². The lowest BCUT2D eigenvalue weighted by Crippen LogP contribution is -2.41. The van der Waals surface area contributed by atoms with E-state index in [0.717, 1.165) is 21.7 Å². The Labute approximate surface area is 218 Å². The fourth-order valence-corrected chi connectivity index (χ4v) is 5.85. The quantitative estimate of drug-likeness (QED) is 0.374. The molecule has 0 spiro atoms. The highest BCUT2D eigenvalue weighted by Crippen LogP contribution is 2.34. The van der Waals surface area contributed by atoms with Gasteiger partial charge in [-0.25, -0.2) is 12.8 Å². The molecule has 0 radical (unpaired) electrons. The molecule has 36 heavy (non-hydrogen) atoms. The molecule has 0 aliphatic carbocycles. The second kappa shape index (κ2) is 11.9. The van der Waals surface area contributed by atoms with Crippen molar-refractivity contribution in [1.82, 2.24) is 5.32 Å². The zero-order chi connectivity index (χ0) is 25.5. The van der Waals surface area contributed by atoms with Crippen LogP contribution >= 0.6 is 23.4 Å². The summed E-state index contributed by atoms with van der Waals surface area (Å²) >= 11 is 7.52. The molecular formula is C25H24ClFN2O5S2. The van der Waals surface area contributed by atoms with E-state index in [1.54, 1.807) is 11.8 Å². The number of carbonyl (C=O) groups excluding carboxylic acids is 1. The Hall–Kier alpha value is -2.95. The average Bonchev–Trinajstić information content (AvgIpc) is 2.87. The third-order valence-corrected chi connectivity index (χ3v) is 8.29. The number of benzene rings is 3. The molecule has 3 aromatic rings. The fraction of sp³-hybridized carbons (Fsp3) is 0.240. The summed E-state index contributed by atoms with van der Waals surface area (Å²) in [4.78, 5) is 12.6. The molecule has 0 aromatic heterocycles. The van der Waals surface area contributed by atoms with Gasteiger partial charge in [-0.05, 0) is 48.0 Å². The van der Waals surface area contributed by atoms with Crippen molar-refractivity contribution in [3.8, 4) is 11.5 Å². The molecule has 3 aromatic carbocycles. The van der Waals surface area contributed by atoms with Gasteiger partial charge in [0.1, 0.15) is 25.6 Å². The number of amides is 1. The highest BCUT2D eigenvalue weighted by molar-refractivity contribution is 7.98. The van der Waals surface area contributed by atoms with E-state index in [2.05, 4.69) is 5.32 Å². The Morgan fingerprint density at radius 3 is 2.53 bits per heavy atom. The summed E-state index contributed by atoms with van der Waals surface area (Å²) in [5.41, 5.74) is 1.15. The van der Waals surface area contributed by atoms with Crippen molar-refractivity contribution < 1.29 is 27.1 Å². The number of nitrogens with one attached hydrogen (secondary N) is 1. The molecule has 1 aliphatic heterocycles. The smallest absolute Gasteiger partial charge is 0.264 e. The number of rotatable bonds is 10. The van der Waals surface area contributed by atoms with E-state index >= 15 is 0 Å². The molecule has 4 rings (SSSR count). The van der Waals surface area contributed by atoms with Crippen LogP contribution in [0.3, 0.4) is 0 Å². The Bertz CT molecular complexity index is 1320. The molecule has 11 heteroatoms. The maximum atomic E-state index is 14.0. The van der Waals surface area contributed by atoms with Gasteiger partial charge in [-0.15, -0.1) is 0 Å². The SMILES string of the molecule is O=C(CN(c1cccc(F)c1)S(=O)(=O)c1ccc2c(c1)OCCO2)NCCSCc1ccc(Cl)cc1. The van der Waals surface area contributed by atoms with Gasteiger partial charge < -0.3 is 14.8 Å². The first kappa shape index (κ1) is 26.1. The van der Waals surface area contributed by atoms with E-state index in [9.17, 15) is 17.6 Å². The summed E-state index contributed by atoms with van der Waals surface area (Å²) < 4.78 is 52.9. The van der Waals surface area contributed by atoms with Gasteiger partial charge in [-0.3, -0.25) is 9.10 Å². The van der Waals surface area contributed by atoms with E-state index in [1.165, 1.54) is 36.4 Å². The van der Waals surface area contributed by atoms with Crippen molar-refractivity contribution in [3.05, 3.63) is 83.1 Å². The molecule has 0 saturated heterocycles. The lowest BCUT2D eigenvalue weighted by Gasteiger charge is -2.25. The number of sulfonamides is 1. The first-order valence-electron chi connectivity index (χ1n) is 11.1. The van der Waals surface area contributed by atoms with Crippen LogP contribution < -0.4 is 19.1 Å². The lowest BCUT2D eigenvalue weighted by molar-refractivity contribution is -0.119. The Morgan fingerprint density at radius 1 is 1.03 bits per heavy atom. The number of anilines is 1. The van der Waals surface area contributed by atoms with E-state index < -0.39 is 28.3 Å². The number of hydrogen-bond acceptors (Lipinski definition) is 6. The van der Waals surface area contributed by atoms with E-state index in [4.69, 9.17) is 21.1 Å². The molecule has 0 atom stereocenters. The predicted octanol–water partition coefficient (Wildman–Crippen LogP) is 4.50. The van der Waals surface area contributed by atoms with Crippen molar-refractivity contribution >= 4 is 45.0 Å². The molecule has 1 aliphatic rings. The Balaban J connectivity index is 1.43. The largest absolute Gasteiger partial charge is 0.486 e. The van der Waals surface area contributed by atoms with Gasteiger partial charge in [-0.1, -0.05) is 29.8 Å². The Morgan fingerprint density at radius 2 is 1.78 bits per heavy atom. The first-order valence-corrected chi connectivity index (χ1v) is 14.1. The molecular weight excluding hydrogens is 527 g/mol. The van der Waals surface area contributed by atoms with Gasteiger partial charge in [0.25, 0.3) is 10.0 Å². The van der Waals surface area contributed by atoms with Gasteiger partial charge in [-0.2, -0.15) is 11.8 Å².